The van der Waals surface area contributed by atoms with Crippen molar-refractivity contribution in [3.05, 3.63) is 81.9 Å². The Morgan fingerprint density at radius 2 is 1.69 bits per heavy atom. The quantitative estimate of drug-likeness (QED) is 0.294. The van der Waals surface area contributed by atoms with E-state index >= 15 is 0 Å². The van der Waals surface area contributed by atoms with E-state index in [1.54, 1.807) is 23.1 Å². The Hall–Kier alpha value is -3.52. The zero-order chi connectivity index (χ0) is 25.2. The number of amides is 2. The molecule has 0 aromatic heterocycles. The number of nitrogens with zero attached hydrogens (tertiary/aromatic N) is 4. The van der Waals surface area contributed by atoms with Crippen LogP contribution in [0.4, 0.5) is 5.69 Å². The fraction of sp³-hybridized carbons (Fsp3) is 0.407. The standard InChI is InChI=1S/C27H34N4O4/c1-22(2)20-30(26(32)13-10-23-8-11-25(12-9-23)31(34)35)15-14-27(33)29-18-16-28(17-19-29)21-24-6-4-3-5-7-24/h3-13,22H,14-21H2,1-2H3/b13-10+. The summed E-state index contributed by atoms with van der Waals surface area (Å²) in [6, 6.07) is 16.4. The summed E-state index contributed by atoms with van der Waals surface area (Å²) >= 11 is 0. The van der Waals surface area contributed by atoms with Gasteiger partial charge in [0.05, 0.1) is 4.92 Å². The van der Waals surface area contributed by atoms with Crippen molar-refractivity contribution in [3.63, 3.8) is 0 Å². The Morgan fingerprint density at radius 1 is 1.03 bits per heavy atom. The molecule has 0 saturated carbocycles. The van der Waals surface area contributed by atoms with Crippen molar-refractivity contribution in [2.75, 3.05) is 39.3 Å². The Morgan fingerprint density at radius 3 is 2.29 bits per heavy atom. The lowest BCUT2D eigenvalue weighted by Gasteiger charge is -2.35. The Labute approximate surface area is 207 Å². The predicted molar refractivity (Wildman–Crippen MR) is 136 cm³/mol. The molecule has 8 heteroatoms. The minimum absolute atomic E-state index is 0.00863. The maximum Gasteiger partial charge on any atom is 0.269 e. The largest absolute Gasteiger partial charge is 0.340 e. The summed E-state index contributed by atoms with van der Waals surface area (Å²) in [5.41, 5.74) is 1.99. The topological polar surface area (TPSA) is 87.0 Å². The van der Waals surface area contributed by atoms with Gasteiger partial charge in [0.15, 0.2) is 0 Å². The van der Waals surface area contributed by atoms with E-state index in [1.165, 1.54) is 23.8 Å². The van der Waals surface area contributed by atoms with Gasteiger partial charge in [-0.25, -0.2) is 0 Å². The second kappa shape index (κ2) is 12.8. The number of nitro groups is 1. The molecule has 1 saturated heterocycles. The summed E-state index contributed by atoms with van der Waals surface area (Å²) in [5.74, 6) is 0.172. The molecule has 1 aliphatic rings. The molecular weight excluding hydrogens is 444 g/mol. The predicted octanol–water partition coefficient (Wildman–Crippen LogP) is 3.83. The van der Waals surface area contributed by atoms with Crippen molar-refractivity contribution in [2.45, 2.75) is 26.8 Å². The summed E-state index contributed by atoms with van der Waals surface area (Å²) in [6.45, 7) is 8.96. The Bertz CT molecular complexity index is 1010. The van der Waals surface area contributed by atoms with Gasteiger partial charge in [0.1, 0.15) is 0 Å². The van der Waals surface area contributed by atoms with E-state index in [4.69, 9.17) is 0 Å². The molecule has 2 aromatic rings. The number of rotatable bonds is 10. The van der Waals surface area contributed by atoms with Crippen LogP contribution in [0.2, 0.25) is 0 Å². The van der Waals surface area contributed by atoms with Crippen molar-refractivity contribution in [3.8, 4) is 0 Å². The highest BCUT2D eigenvalue weighted by Crippen LogP contribution is 2.14. The third-order valence-corrected chi connectivity index (χ3v) is 5.99. The fourth-order valence-corrected chi connectivity index (χ4v) is 4.10. The molecule has 0 N–H and O–H groups in total. The highest BCUT2D eigenvalue weighted by Gasteiger charge is 2.22. The number of carbonyl (C=O) groups excluding carboxylic acids is 2. The maximum absolute atomic E-state index is 12.8. The van der Waals surface area contributed by atoms with Crippen LogP contribution in [0.25, 0.3) is 6.08 Å². The van der Waals surface area contributed by atoms with E-state index in [2.05, 4.69) is 17.0 Å². The van der Waals surface area contributed by atoms with Gasteiger partial charge >= 0.3 is 0 Å². The van der Waals surface area contributed by atoms with Gasteiger partial charge in [-0.1, -0.05) is 44.2 Å². The van der Waals surface area contributed by atoms with E-state index in [0.717, 1.165) is 19.6 Å². The average molecular weight is 479 g/mol. The van der Waals surface area contributed by atoms with Crippen molar-refractivity contribution < 1.29 is 14.5 Å². The molecule has 8 nitrogen and oxygen atoms in total. The lowest BCUT2D eigenvalue weighted by molar-refractivity contribution is -0.384. The summed E-state index contributed by atoms with van der Waals surface area (Å²) in [5, 5.41) is 10.8. The van der Waals surface area contributed by atoms with Crippen molar-refractivity contribution in [2.24, 2.45) is 5.92 Å². The molecule has 0 atom stereocenters. The van der Waals surface area contributed by atoms with Gasteiger partial charge in [0.2, 0.25) is 11.8 Å². The molecule has 0 spiro atoms. The summed E-state index contributed by atoms with van der Waals surface area (Å²) < 4.78 is 0. The van der Waals surface area contributed by atoms with Crippen LogP contribution < -0.4 is 0 Å². The van der Waals surface area contributed by atoms with Crippen LogP contribution in [0.15, 0.2) is 60.7 Å². The number of hydrogen-bond donors (Lipinski definition) is 0. The number of non-ortho nitro benzene ring substituents is 1. The normalized spacial score (nSPS) is 14.4. The molecule has 1 heterocycles. The van der Waals surface area contributed by atoms with Gasteiger partial charge in [-0.15, -0.1) is 0 Å². The first-order valence-corrected chi connectivity index (χ1v) is 12.1. The molecule has 35 heavy (non-hydrogen) atoms. The highest BCUT2D eigenvalue weighted by molar-refractivity contribution is 5.92. The summed E-state index contributed by atoms with van der Waals surface area (Å²) in [6.07, 6.45) is 3.41. The van der Waals surface area contributed by atoms with Gasteiger partial charge in [-0.2, -0.15) is 0 Å². The van der Waals surface area contributed by atoms with E-state index in [-0.39, 0.29) is 23.4 Å². The zero-order valence-corrected chi connectivity index (χ0v) is 20.5. The van der Waals surface area contributed by atoms with E-state index in [0.29, 0.717) is 38.2 Å². The van der Waals surface area contributed by atoms with Crippen LogP contribution in [0.3, 0.4) is 0 Å². The van der Waals surface area contributed by atoms with Crippen LogP contribution >= 0.6 is 0 Å². The second-order valence-electron chi connectivity index (χ2n) is 9.25. The van der Waals surface area contributed by atoms with E-state index in [9.17, 15) is 19.7 Å². The van der Waals surface area contributed by atoms with Gasteiger partial charge in [0.25, 0.3) is 5.69 Å². The van der Waals surface area contributed by atoms with Crippen molar-refractivity contribution in [1.82, 2.24) is 14.7 Å². The average Bonchev–Trinajstić information content (AvgIpc) is 2.86. The van der Waals surface area contributed by atoms with Gasteiger partial charge in [0, 0.05) is 70.4 Å². The zero-order valence-electron chi connectivity index (χ0n) is 20.5. The lowest BCUT2D eigenvalue weighted by Crippen LogP contribution is -2.49. The Balaban J connectivity index is 1.49. The smallest absolute Gasteiger partial charge is 0.269 e. The third kappa shape index (κ3) is 8.33. The first kappa shape index (κ1) is 26.1. The molecule has 0 radical (unpaired) electrons. The van der Waals surface area contributed by atoms with E-state index in [1.807, 2.05) is 36.9 Å². The number of hydrogen-bond acceptors (Lipinski definition) is 5. The lowest BCUT2D eigenvalue weighted by atomic mass is 10.1. The highest BCUT2D eigenvalue weighted by atomic mass is 16.6. The molecule has 2 aromatic carbocycles. The van der Waals surface area contributed by atoms with Crippen LogP contribution in [0.5, 0.6) is 0 Å². The minimum Gasteiger partial charge on any atom is -0.340 e. The molecule has 2 amide bonds. The van der Waals surface area contributed by atoms with Crippen LogP contribution in [0, 0.1) is 16.0 Å². The Kier molecular flexibility index (Phi) is 9.55. The number of piperazine rings is 1. The van der Waals surface area contributed by atoms with Crippen molar-refractivity contribution in [1.29, 1.82) is 0 Å². The SMILES string of the molecule is CC(C)CN(CCC(=O)N1CCN(Cc2ccccc2)CC1)C(=O)/C=C/c1ccc([N+](=O)[O-])cc1. The van der Waals surface area contributed by atoms with E-state index < -0.39 is 4.92 Å². The van der Waals surface area contributed by atoms with Crippen LogP contribution in [-0.4, -0.2) is 70.7 Å². The number of benzene rings is 2. The third-order valence-electron chi connectivity index (χ3n) is 5.99. The van der Waals surface area contributed by atoms with Gasteiger partial charge in [-0.05, 0) is 35.3 Å². The molecule has 0 bridgehead atoms. The second-order valence-corrected chi connectivity index (χ2v) is 9.25. The molecule has 186 valence electrons. The molecule has 1 aliphatic heterocycles. The first-order valence-electron chi connectivity index (χ1n) is 12.1. The van der Waals surface area contributed by atoms with Gasteiger partial charge < -0.3 is 9.80 Å². The fourth-order valence-electron chi connectivity index (χ4n) is 4.10. The first-order chi connectivity index (χ1) is 16.8. The molecule has 1 fully saturated rings. The van der Waals surface area contributed by atoms with Crippen LogP contribution in [-0.2, 0) is 16.1 Å². The van der Waals surface area contributed by atoms with Gasteiger partial charge in [-0.3, -0.25) is 24.6 Å². The molecular formula is C27H34N4O4. The summed E-state index contributed by atoms with van der Waals surface area (Å²) in [7, 11) is 0. The molecule has 0 aliphatic carbocycles. The monoisotopic (exact) mass is 478 g/mol. The number of carbonyl (C=O) groups is 2. The summed E-state index contributed by atoms with van der Waals surface area (Å²) in [4.78, 5) is 42.0. The maximum atomic E-state index is 12.8. The van der Waals surface area contributed by atoms with Crippen LogP contribution in [0.1, 0.15) is 31.4 Å². The molecule has 0 unspecified atom stereocenters. The van der Waals surface area contributed by atoms with Crippen molar-refractivity contribution >= 4 is 23.6 Å². The molecule has 3 rings (SSSR count). The minimum atomic E-state index is -0.455. The number of nitro benzene ring substituents is 1.